The van der Waals surface area contributed by atoms with Crippen LogP contribution in [0.3, 0.4) is 0 Å². The van der Waals surface area contributed by atoms with E-state index in [1.807, 2.05) is 30.3 Å². The molecule has 134 valence electrons. The molecule has 25 heavy (non-hydrogen) atoms. The Labute approximate surface area is 147 Å². The molecule has 6 nitrogen and oxygen atoms in total. The Hall–Kier alpha value is -2.06. The average Bonchev–Trinajstić information content (AvgIpc) is 2.58. The van der Waals surface area contributed by atoms with E-state index < -0.39 is 21.9 Å². The van der Waals surface area contributed by atoms with Gasteiger partial charge in [-0.1, -0.05) is 54.6 Å². The first-order valence-electron chi connectivity index (χ1n) is 7.82. The molecule has 1 atom stereocenters. The number of carbonyl (C=O) groups excluding carboxylic acids is 1. The van der Waals surface area contributed by atoms with E-state index in [-0.39, 0.29) is 12.4 Å². The van der Waals surface area contributed by atoms with Gasteiger partial charge < -0.3 is 10.5 Å². The number of ether oxygens (including phenoxy) is 1. The number of hydrogen-bond acceptors (Lipinski definition) is 5. The summed E-state index contributed by atoms with van der Waals surface area (Å²) < 4.78 is 35.5. The van der Waals surface area contributed by atoms with Gasteiger partial charge in [0.2, 0.25) is 0 Å². The van der Waals surface area contributed by atoms with Crippen LogP contribution >= 0.6 is 0 Å². The molecule has 0 amide bonds. The molecule has 0 aliphatic rings. The lowest BCUT2D eigenvalue weighted by Crippen LogP contribution is -2.30. The van der Waals surface area contributed by atoms with Crippen LogP contribution < -0.4 is 5.73 Å². The molecule has 0 heterocycles. The third-order valence-corrected chi connectivity index (χ3v) is 4.43. The first-order chi connectivity index (χ1) is 11.8. The number of nitrogens with two attached hydrogens (primary N) is 1. The van der Waals surface area contributed by atoms with Gasteiger partial charge in [0.05, 0.1) is 12.4 Å². The van der Waals surface area contributed by atoms with Crippen molar-refractivity contribution in [3.8, 4) is 0 Å². The van der Waals surface area contributed by atoms with Crippen molar-refractivity contribution >= 4 is 15.9 Å². The summed E-state index contributed by atoms with van der Waals surface area (Å²) in [6.45, 7) is 0.611. The van der Waals surface area contributed by atoms with Gasteiger partial charge in [0.15, 0.2) is 5.78 Å². The zero-order valence-corrected chi connectivity index (χ0v) is 14.5. The van der Waals surface area contributed by atoms with E-state index in [0.29, 0.717) is 24.2 Å². The predicted octanol–water partition coefficient (Wildman–Crippen LogP) is 2.04. The summed E-state index contributed by atoms with van der Waals surface area (Å²) in [6, 6.07) is 15.5. The van der Waals surface area contributed by atoms with E-state index >= 15 is 0 Å². The summed E-state index contributed by atoms with van der Waals surface area (Å²) >= 11 is 0. The number of ketones is 1. The SMILES string of the molecule is N[C@@H](CCOCc1ccc(C(=O)c2ccccc2)cc1)CS(=O)(=O)O. The van der Waals surface area contributed by atoms with Crippen molar-refractivity contribution in [2.45, 2.75) is 19.1 Å². The number of rotatable bonds is 9. The van der Waals surface area contributed by atoms with Gasteiger partial charge in [-0.15, -0.1) is 0 Å². The van der Waals surface area contributed by atoms with Crippen molar-refractivity contribution in [1.29, 1.82) is 0 Å². The van der Waals surface area contributed by atoms with E-state index in [0.717, 1.165) is 5.56 Å². The van der Waals surface area contributed by atoms with Gasteiger partial charge in [-0.3, -0.25) is 9.35 Å². The van der Waals surface area contributed by atoms with Crippen LogP contribution in [0.2, 0.25) is 0 Å². The van der Waals surface area contributed by atoms with Crippen LogP contribution in [0.5, 0.6) is 0 Å². The summed E-state index contributed by atoms with van der Waals surface area (Å²) in [6.07, 6.45) is 0.324. The first kappa shape index (κ1) is 19.3. The minimum Gasteiger partial charge on any atom is -0.377 e. The van der Waals surface area contributed by atoms with Crippen LogP contribution in [0.4, 0.5) is 0 Å². The molecule has 0 radical (unpaired) electrons. The summed E-state index contributed by atoms with van der Waals surface area (Å²) in [5.74, 6) is -0.517. The minimum atomic E-state index is -4.06. The predicted molar refractivity (Wildman–Crippen MR) is 95.0 cm³/mol. The van der Waals surface area contributed by atoms with Crippen molar-refractivity contribution in [2.75, 3.05) is 12.4 Å². The lowest BCUT2D eigenvalue weighted by Gasteiger charge is -2.10. The largest absolute Gasteiger partial charge is 0.377 e. The average molecular weight is 363 g/mol. The maximum absolute atomic E-state index is 12.3. The number of carbonyl (C=O) groups is 1. The van der Waals surface area contributed by atoms with E-state index in [9.17, 15) is 13.2 Å². The zero-order valence-electron chi connectivity index (χ0n) is 13.7. The van der Waals surface area contributed by atoms with Crippen LogP contribution in [-0.2, 0) is 21.5 Å². The Morgan fingerprint density at radius 1 is 1.04 bits per heavy atom. The standard InChI is InChI=1S/C18H21NO5S/c19-17(13-25(21,22)23)10-11-24-12-14-6-8-16(9-7-14)18(20)15-4-2-1-3-5-15/h1-9,17H,10-13,19H2,(H,21,22,23)/t17-/m0/s1. The fraction of sp³-hybridized carbons (Fsp3) is 0.278. The van der Waals surface area contributed by atoms with Crippen molar-refractivity contribution in [3.05, 3.63) is 71.3 Å². The second-order valence-electron chi connectivity index (χ2n) is 5.74. The van der Waals surface area contributed by atoms with Gasteiger partial charge in [-0.05, 0) is 12.0 Å². The fourth-order valence-electron chi connectivity index (χ4n) is 2.29. The fourth-order valence-corrected chi connectivity index (χ4v) is 2.99. The molecule has 0 aromatic heterocycles. The first-order valence-corrected chi connectivity index (χ1v) is 9.43. The van der Waals surface area contributed by atoms with Crippen molar-refractivity contribution in [3.63, 3.8) is 0 Å². The van der Waals surface area contributed by atoms with E-state index in [4.69, 9.17) is 15.0 Å². The molecule has 0 spiro atoms. The van der Waals surface area contributed by atoms with E-state index in [1.54, 1.807) is 24.3 Å². The quantitative estimate of drug-likeness (QED) is 0.401. The maximum atomic E-state index is 12.3. The second-order valence-corrected chi connectivity index (χ2v) is 7.24. The highest BCUT2D eigenvalue weighted by Gasteiger charge is 2.12. The van der Waals surface area contributed by atoms with Crippen LogP contribution in [0.25, 0.3) is 0 Å². The molecule has 0 fully saturated rings. The third kappa shape index (κ3) is 6.75. The highest BCUT2D eigenvalue weighted by molar-refractivity contribution is 7.85. The van der Waals surface area contributed by atoms with Crippen molar-refractivity contribution in [1.82, 2.24) is 0 Å². The van der Waals surface area contributed by atoms with Gasteiger partial charge in [-0.2, -0.15) is 8.42 Å². The molecular weight excluding hydrogens is 342 g/mol. The van der Waals surface area contributed by atoms with Crippen molar-refractivity contribution < 1.29 is 22.5 Å². The molecular formula is C18H21NO5S. The monoisotopic (exact) mass is 363 g/mol. The molecule has 0 aliphatic carbocycles. The van der Waals surface area contributed by atoms with E-state index in [2.05, 4.69) is 0 Å². The molecule has 2 aromatic rings. The lowest BCUT2D eigenvalue weighted by atomic mass is 10.0. The molecule has 0 saturated heterocycles. The Balaban J connectivity index is 1.80. The molecule has 7 heteroatoms. The maximum Gasteiger partial charge on any atom is 0.266 e. The van der Waals surface area contributed by atoms with Crippen molar-refractivity contribution in [2.24, 2.45) is 5.73 Å². The van der Waals surface area contributed by atoms with E-state index in [1.165, 1.54) is 0 Å². The number of benzene rings is 2. The Kier molecular flexibility index (Phi) is 6.83. The molecule has 0 aliphatic heterocycles. The Morgan fingerprint density at radius 2 is 1.64 bits per heavy atom. The highest BCUT2D eigenvalue weighted by atomic mass is 32.2. The summed E-state index contributed by atoms with van der Waals surface area (Å²) in [5, 5.41) is 0. The van der Waals surface area contributed by atoms with Gasteiger partial charge in [0.25, 0.3) is 10.1 Å². The van der Waals surface area contributed by atoms with Crippen LogP contribution in [0.1, 0.15) is 27.9 Å². The molecule has 2 rings (SSSR count). The van der Waals surface area contributed by atoms with Crippen LogP contribution in [-0.4, -0.2) is 37.2 Å². The summed E-state index contributed by atoms with van der Waals surface area (Å²) in [7, 11) is -4.06. The Bertz CT molecular complexity index is 788. The van der Waals surface area contributed by atoms with Gasteiger partial charge >= 0.3 is 0 Å². The highest BCUT2D eigenvalue weighted by Crippen LogP contribution is 2.12. The van der Waals surface area contributed by atoms with Gasteiger partial charge in [0.1, 0.15) is 0 Å². The second kappa shape index (κ2) is 8.87. The Morgan fingerprint density at radius 3 is 2.24 bits per heavy atom. The normalized spacial score (nSPS) is 12.7. The lowest BCUT2D eigenvalue weighted by molar-refractivity contribution is 0.103. The topological polar surface area (TPSA) is 107 Å². The summed E-state index contributed by atoms with van der Waals surface area (Å²) in [5.41, 5.74) is 7.73. The van der Waals surface area contributed by atoms with Gasteiger partial charge in [-0.25, -0.2) is 0 Å². The zero-order chi connectivity index (χ0) is 18.3. The third-order valence-electron chi connectivity index (χ3n) is 3.58. The molecule has 0 bridgehead atoms. The molecule has 0 unspecified atom stereocenters. The molecule has 3 N–H and O–H groups in total. The number of hydrogen-bond donors (Lipinski definition) is 2. The molecule has 0 saturated carbocycles. The van der Waals surface area contributed by atoms with Crippen LogP contribution in [0.15, 0.2) is 54.6 Å². The van der Waals surface area contributed by atoms with Gasteiger partial charge in [0, 0.05) is 23.8 Å². The smallest absolute Gasteiger partial charge is 0.266 e. The minimum absolute atomic E-state index is 0.0377. The summed E-state index contributed by atoms with van der Waals surface area (Å²) in [4.78, 5) is 12.3. The molecule has 2 aromatic carbocycles. The van der Waals surface area contributed by atoms with Crippen LogP contribution in [0, 0.1) is 0 Å².